The largest absolute Gasteiger partial charge is 0.452 e. The second-order valence-electron chi connectivity index (χ2n) is 2.05. The molecule has 9 heteroatoms. The third kappa shape index (κ3) is 3.50. The molecule has 0 aromatic carbocycles. The zero-order valence-electron chi connectivity index (χ0n) is 6.34. The fraction of sp³-hybridized carbons (Fsp3) is 0.200. The van der Waals surface area contributed by atoms with E-state index in [1.807, 2.05) is 0 Å². The summed E-state index contributed by atoms with van der Waals surface area (Å²) in [6.07, 6.45) is 0.935. The Labute approximate surface area is 82.7 Å². The smallest absolute Gasteiger partial charge is 0.313 e. The van der Waals surface area contributed by atoms with Crippen LogP contribution in [-0.4, -0.2) is 15.5 Å². The number of H-pyrrole nitrogens is 2. The van der Waals surface area contributed by atoms with Crippen LogP contribution in [0.5, 0.6) is 0 Å². The molecule has 0 saturated carbocycles. The number of aromatic amines is 2. The summed E-state index contributed by atoms with van der Waals surface area (Å²) >= 11 is 0. The number of hydrogen-bond donors (Lipinski definition) is 2. The lowest BCUT2D eigenvalue weighted by Gasteiger charge is -2.02. The molecule has 4 nitrogen and oxygen atoms in total. The van der Waals surface area contributed by atoms with E-state index in [4.69, 9.17) is 0 Å². The molecule has 0 fully saturated rings. The van der Waals surface area contributed by atoms with Gasteiger partial charge in [-0.25, -0.2) is 4.79 Å². The predicted molar refractivity (Wildman–Crippen MR) is 47.2 cm³/mol. The summed E-state index contributed by atoms with van der Waals surface area (Å²) in [5.74, 6) is 0. The molecular weight excluding hydrogens is 241 g/mol. The van der Waals surface area contributed by atoms with Gasteiger partial charge in [-0.15, -0.1) is 0 Å². The molecule has 0 amide bonds. The third-order valence-electron chi connectivity index (χ3n) is 1.01. The van der Waals surface area contributed by atoms with Gasteiger partial charge in [0.25, 0.3) is 5.56 Å². The number of alkyl halides is 3. The van der Waals surface area contributed by atoms with Crippen LogP contribution in [-0.2, 0) is 0 Å². The Hall–Kier alpha value is -0.830. The molecule has 0 aliphatic heterocycles. The van der Waals surface area contributed by atoms with Crippen molar-refractivity contribution in [1.29, 1.82) is 0 Å². The van der Waals surface area contributed by atoms with Gasteiger partial charge in [-0.2, -0.15) is 13.2 Å². The maximum absolute atomic E-state index is 11.7. The van der Waals surface area contributed by atoms with Gasteiger partial charge in [0.2, 0.25) is 0 Å². The number of rotatable bonds is 2. The standard InChI is InChI=1S/C5H3F3N2O2S2/c6-5(7,8)14-13-2-1-9-4(12)10-3(2)11/h1H,(H2,9,10,11,12). The van der Waals surface area contributed by atoms with Crippen molar-refractivity contribution in [3.63, 3.8) is 0 Å². The highest BCUT2D eigenvalue weighted by Crippen LogP contribution is 2.42. The molecule has 0 aliphatic carbocycles. The van der Waals surface area contributed by atoms with Crippen LogP contribution in [0, 0.1) is 0 Å². The Morgan fingerprint density at radius 3 is 2.43 bits per heavy atom. The minimum absolute atomic E-state index is 0.202. The van der Waals surface area contributed by atoms with Crippen LogP contribution in [0.1, 0.15) is 0 Å². The Kier molecular flexibility index (Phi) is 3.32. The Morgan fingerprint density at radius 2 is 1.93 bits per heavy atom. The van der Waals surface area contributed by atoms with Crippen LogP contribution in [0.4, 0.5) is 13.2 Å². The number of aromatic nitrogens is 2. The SMILES string of the molecule is O=c1[nH]cc(SSC(F)(F)F)c(=O)[nH]1. The molecule has 78 valence electrons. The summed E-state index contributed by atoms with van der Waals surface area (Å²) < 4.78 is 35.1. The quantitative estimate of drug-likeness (QED) is 0.770. The van der Waals surface area contributed by atoms with E-state index >= 15 is 0 Å². The molecule has 0 saturated heterocycles. The van der Waals surface area contributed by atoms with Crippen molar-refractivity contribution >= 4 is 21.6 Å². The van der Waals surface area contributed by atoms with E-state index in [0.29, 0.717) is 0 Å². The minimum atomic E-state index is -4.42. The van der Waals surface area contributed by atoms with Gasteiger partial charge in [0.15, 0.2) is 0 Å². The Bertz CT molecular complexity index is 424. The average molecular weight is 244 g/mol. The van der Waals surface area contributed by atoms with Gasteiger partial charge in [0, 0.05) is 17.0 Å². The zero-order chi connectivity index (χ0) is 10.8. The molecule has 0 bridgehead atoms. The minimum Gasteiger partial charge on any atom is -0.313 e. The van der Waals surface area contributed by atoms with Crippen molar-refractivity contribution in [2.45, 2.75) is 10.4 Å². The van der Waals surface area contributed by atoms with Crippen molar-refractivity contribution < 1.29 is 13.2 Å². The van der Waals surface area contributed by atoms with Crippen LogP contribution in [0.3, 0.4) is 0 Å². The number of nitrogens with one attached hydrogen (secondary N) is 2. The normalized spacial score (nSPS) is 11.6. The molecule has 0 aliphatic rings. The molecule has 1 heterocycles. The van der Waals surface area contributed by atoms with E-state index in [9.17, 15) is 22.8 Å². The van der Waals surface area contributed by atoms with Crippen molar-refractivity contribution in [2.24, 2.45) is 0 Å². The Balaban J connectivity index is 2.79. The fourth-order valence-corrected chi connectivity index (χ4v) is 1.89. The van der Waals surface area contributed by atoms with Crippen molar-refractivity contribution in [1.82, 2.24) is 9.97 Å². The van der Waals surface area contributed by atoms with Gasteiger partial charge in [-0.05, 0) is 10.8 Å². The predicted octanol–water partition coefficient (Wildman–Crippen LogP) is 1.32. The monoisotopic (exact) mass is 244 g/mol. The lowest BCUT2D eigenvalue weighted by Crippen LogP contribution is -2.22. The first-order chi connectivity index (χ1) is 6.38. The summed E-state index contributed by atoms with van der Waals surface area (Å²) in [6, 6.07) is 0. The highest BCUT2D eigenvalue weighted by molar-refractivity contribution is 8.77. The van der Waals surface area contributed by atoms with Gasteiger partial charge >= 0.3 is 11.2 Å². The van der Waals surface area contributed by atoms with Crippen molar-refractivity contribution in [3.05, 3.63) is 27.0 Å². The highest BCUT2D eigenvalue weighted by atomic mass is 33.1. The number of halogens is 3. The summed E-state index contributed by atoms with van der Waals surface area (Å²) in [5, 5.41) is 0. The summed E-state index contributed by atoms with van der Waals surface area (Å²) in [5.41, 5.74) is -6.01. The highest BCUT2D eigenvalue weighted by Gasteiger charge is 2.29. The fourth-order valence-electron chi connectivity index (χ4n) is 0.551. The molecule has 0 spiro atoms. The summed E-state index contributed by atoms with van der Waals surface area (Å²) in [4.78, 5) is 25.0. The van der Waals surface area contributed by atoms with Crippen LogP contribution in [0.15, 0.2) is 20.7 Å². The molecule has 1 aromatic rings. The molecule has 0 unspecified atom stereocenters. The molecule has 1 aromatic heterocycles. The van der Waals surface area contributed by atoms with Crippen molar-refractivity contribution in [3.8, 4) is 0 Å². The van der Waals surface area contributed by atoms with Gasteiger partial charge in [0.05, 0.1) is 4.90 Å². The lowest BCUT2D eigenvalue weighted by atomic mass is 10.7. The van der Waals surface area contributed by atoms with E-state index in [1.165, 1.54) is 0 Å². The second-order valence-corrected chi connectivity index (χ2v) is 4.28. The first-order valence-electron chi connectivity index (χ1n) is 3.13. The first-order valence-corrected chi connectivity index (χ1v) is 5.28. The molecule has 0 atom stereocenters. The molecular formula is C5H3F3N2O2S2. The lowest BCUT2D eigenvalue weighted by molar-refractivity contribution is -0.0311. The van der Waals surface area contributed by atoms with Crippen molar-refractivity contribution in [2.75, 3.05) is 0 Å². The van der Waals surface area contributed by atoms with Crippen LogP contribution in [0.25, 0.3) is 0 Å². The second kappa shape index (κ2) is 4.13. The Morgan fingerprint density at radius 1 is 1.29 bits per heavy atom. The van der Waals surface area contributed by atoms with Gasteiger partial charge < -0.3 is 4.98 Å². The molecule has 14 heavy (non-hydrogen) atoms. The van der Waals surface area contributed by atoms with Crippen LogP contribution < -0.4 is 11.2 Å². The summed E-state index contributed by atoms with van der Waals surface area (Å²) in [6.45, 7) is 0. The average Bonchev–Trinajstić information content (AvgIpc) is 2.00. The number of hydrogen-bond acceptors (Lipinski definition) is 4. The zero-order valence-corrected chi connectivity index (χ0v) is 7.98. The van der Waals surface area contributed by atoms with E-state index in [1.54, 1.807) is 4.98 Å². The molecule has 0 radical (unpaired) electrons. The molecule has 2 N–H and O–H groups in total. The summed E-state index contributed by atoms with van der Waals surface area (Å²) in [7, 11) is -0.178. The van der Waals surface area contributed by atoms with Crippen LogP contribution in [0.2, 0.25) is 0 Å². The van der Waals surface area contributed by atoms with Crippen LogP contribution >= 0.6 is 21.6 Å². The van der Waals surface area contributed by atoms with Gasteiger partial charge in [-0.3, -0.25) is 9.78 Å². The third-order valence-corrected chi connectivity index (χ3v) is 3.12. The van der Waals surface area contributed by atoms with E-state index in [0.717, 1.165) is 6.20 Å². The maximum atomic E-state index is 11.7. The van der Waals surface area contributed by atoms with E-state index < -0.39 is 27.6 Å². The van der Waals surface area contributed by atoms with E-state index in [2.05, 4.69) is 4.98 Å². The maximum Gasteiger partial charge on any atom is 0.452 e. The first kappa shape index (κ1) is 11.2. The van der Waals surface area contributed by atoms with Gasteiger partial charge in [-0.1, -0.05) is 0 Å². The topological polar surface area (TPSA) is 65.7 Å². The van der Waals surface area contributed by atoms with E-state index in [-0.39, 0.29) is 15.7 Å². The molecule has 1 rings (SSSR count). The van der Waals surface area contributed by atoms with Gasteiger partial charge in [0.1, 0.15) is 0 Å².